The van der Waals surface area contributed by atoms with Crippen LogP contribution in [0.2, 0.25) is 0 Å². The molecular weight excluding hydrogens is 348 g/mol. The smallest absolute Gasteiger partial charge is 0.190 e. The minimum absolute atomic E-state index is 0.224. The summed E-state index contributed by atoms with van der Waals surface area (Å²) in [7, 11) is -3.30. The molecular formula is C21H30O2S2. The number of sulfone groups is 1. The quantitative estimate of drug-likeness (QED) is 0.696. The highest BCUT2D eigenvalue weighted by atomic mass is 32.3. The molecule has 0 spiro atoms. The van der Waals surface area contributed by atoms with Gasteiger partial charge in [0.15, 0.2) is 9.84 Å². The highest BCUT2D eigenvalue weighted by molar-refractivity contribution is 8.13. The third-order valence-corrected chi connectivity index (χ3v) is 11.5. The minimum atomic E-state index is -3.30. The number of aryl methyl sites for hydroxylation is 1. The summed E-state index contributed by atoms with van der Waals surface area (Å²) in [5.74, 6) is 2.80. The first-order chi connectivity index (χ1) is 11.8. The Morgan fingerprint density at radius 2 is 1.48 bits per heavy atom. The molecule has 4 saturated carbocycles. The zero-order valence-corrected chi connectivity index (χ0v) is 17.2. The normalized spacial score (nSPS) is 36.4. The molecule has 2 nitrogen and oxygen atoms in total. The van der Waals surface area contributed by atoms with Crippen molar-refractivity contribution in [2.45, 2.75) is 61.8 Å². The molecule has 0 aliphatic heterocycles. The van der Waals surface area contributed by atoms with Crippen LogP contribution < -0.4 is 0 Å². The van der Waals surface area contributed by atoms with Gasteiger partial charge in [-0.25, -0.2) is 8.42 Å². The lowest BCUT2D eigenvalue weighted by atomic mass is 9.47. The van der Waals surface area contributed by atoms with Crippen LogP contribution >= 0.6 is 11.8 Å². The summed E-state index contributed by atoms with van der Waals surface area (Å²) in [4.78, 5) is 0.494. The lowest BCUT2D eigenvalue weighted by Gasteiger charge is -2.60. The second-order valence-electron chi connectivity index (χ2n) is 9.03. The van der Waals surface area contributed by atoms with Crippen molar-refractivity contribution in [1.29, 1.82) is 0 Å². The van der Waals surface area contributed by atoms with Crippen molar-refractivity contribution in [2.24, 2.45) is 29.1 Å². The molecule has 4 fully saturated rings. The molecule has 25 heavy (non-hydrogen) atoms. The van der Waals surface area contributed by atoms with Crippen LogP contribution in [0.1, 0.15) is 51.0 Å². The van der Waals surface area contributed by atoms with Crippen LogP contribution in [0, 0.1) is 36.0 Å². The van der Waals surface area contributed by atoms with Gasteiger partial charge in [0.25, 0.3) is 0 Å². The Kier molecular flexibility index (Phi) is 4.51. The molecule has 1 aromatic carbocycles. The van der Waals surface area contributed by atoms with E-state index >= 15 is 0 Å². The summed E-state index contributed by atoms with van der Waals surface area (Å²) in [6.45, 7) is 4.24. The van der Waals surface area contributed by atoms with Crippen molar-refractivity contribution in [2.75, 3.05) is 6.26 Å². The van der Waals surface area contributed by atoms with E-state index in [1.165, 1.54) is 38.5 Å². The van der Waals surface area contributed by atoms with Crippen molar-refractivity contribution in [3.63, 3.8) is 0 Å². The molecule has 138 valence electrons. The predicted octanol–water partition coefficient (Wildman–Crippen LogP) is 5.31. The largest absolute Gasteiger partial charge is 0.223 e. The van der Waals surface area contributed by atoms with Crippen molar-refractivity contribution in [3.05, 3.63) is 29.8 Å². The Bertz CT molecular complexity index is 700. The van der Waals surface area contributed by atoms with Gasteiger partial charge < -0.3 is 0 Å². The zero-order chi connectivity index (χ0) is 17.8. The fourth-order valence-electron chi connectivity index (χ4n) is 6.49. The van der Waals surface area contributed by atoms with Crippen molar-refractivity contribution in [1.82, 2.24) is 0 Å². The maximum Gasteiger partial charge on any atom is 0.190 e. The third kappa shape index (κ3) is 2.97. The molecule has 0 aromatic heterocycles. The van der Waals surface area contributed by atoms with E-state index in [-0.39, 0.29) is 15.9 Å². The number of hydrogen-bond donors (Lipinski definition) is 0. The monoisotopic (exact) mass is 378 g/mol. The maximum atomic E-state index is 13.4. The number of hydrogen-bond acceptors (Lipinski definition) is 3. The Morgan fingerprint density at radius 1 is 1.00 bits per heavy atom. The lowest BCUT2D eigenvalue weighted by molar-refractivity contribution is -0.0797. The van der Waals surface area contributed by atoms with E-state index < -0.39 is 9.84 Å². The summed E-state index contributed by atoms with van der Waals surface area (Å²) >= 11 is 1.54. The van der Waals surface area contributed by atoms with E-state index in [1.807, 2.05) is 25.3 Å². The van der Waals surface area contributed by atoms with Crippen molar-refractivity contribution in [3.8, 4) is 0 Å². The van der Waals surface area contributed by atoms with E-state index in [4.69, 9.17) is 0 Å². The topological polar surface area (TPSA) is 34.1 Å². The van der Waals surface area contributed by atoms with Gasteiger partial charge in [-0.15, -0.1) is 11.8 Å². The molecule has 4 bridgehead atoms. The molecule has 0 radical (unpaired) electrons. The van der Waals surface area contributed by atoms with Gasteiger partial charge in [0.1, 0.15) is 4.58 Å². The highest BCUT2D eigenvalue weighted by Crippen LogP contribution is 2.64. The molecule has 4 aliphatic rings. The molecule has 0 unspecified atom stereocenters. The Hall–Kier alpha value is -0.480. The van der Waals surface area contributed by atoms with Gasteiger partial charge in [0.2, 0.25) is 0 Å². The summed E-state index contributed by atoms with van der Waals surface area (Å²) in [6.07, 6.45) is 9.98. The van der Waals surface area contributed by atoms with Crippen LogP contribution in [0.5, 0.6) is 0 Å². The first kappa shape index (κ1) is 17.9. The van der Waals surface area contributed by atoms with E-state index in [9.17, 15) is 8.42 Å². The van der Waals surface area contributed by atoms with Gasteiger partial charge in [0.05, 0.1) is 4.90 Å². The standard InChI is InChI=1S/C21H30O2S2/c1-14-4-6-19(7-5-14)25(22,23)20(24-3)15(2)21-11-16-8-17(12-21)10-18(9-16)13-21/h4-7,15-18,20H,8-13H2,1-3H3/t15-,16?,17?,18?,20-,21?/m1/s1. The van der Waals surface area contributed by atoms with Crippen LogP contribution in [0.3, 0.4) is 0 Å². The summed E-state index contributed by atoms with van der Waals surface area (Å²) in [5, 5.41) is 0. The minimum Gasteiger partial charge on any atom is -0.223 e. The van der Waals surface area contributed by atoms with Crippen molar-refractivity contribution >= 4 is 21.6 Å². The second kappa shape index (κ2) is 6.30. The Labute approximate surface area is 157 Å². The SMILES string of the molecule is CS[C@@H]([C@@H](C)C12CC3CC(CC(C3)C1)C2)S(=O)(=O)c1ccc(C)cc1. The molecule has 0 N–H and O–H groups in total. The molecule has 1 aromatic rings. The molecule has 4 heteroatoms. The zero-order valence-electron chi connectivity index (χ0n) is 15.6. The van der Waals surface area contributed by atoms with Crippen LogP contribution in [-0.2, 0) is 9.84 Å². The van der Waals surface area contributed by atoms with Gasteiger partial charge in [-0.1, -0.05) is 24.6 Å². The molecule has 0 heterocycles. The van der Waals surface area contributed by atoms with Crippen LogP contribution in [0.15, 0.2) is 29.2 Å². The fraction of sp³-hybridized carbons (Fsp3) is 0.714. The number of benzene rings is 1. The maximum absolute atomic E-state index is 13.4. The Morgan fingerprint density at radius 3 is 1.92 bits per heavy atom. The first-order valence-corrected chi connectivity index (χ1v) is 12.5. The third-order valence-electron chi connectivity index (χ3n) is 7.35. The highest BCUT2D eigenvalue weighted by Gasteiger charge is 2.55. The van der Waals surface area contributed by atoms with Gasteiger partial charge in [-0.3, -0.25) is 0 Å². The predicted molar refractivity (Wildman–Crippen MR) is 105 cm³/mol. The molecule has 0 amide bonds. The van der Waals surface area contributed by atoms with Gasteiger partial charge >= 0.3 is 0 Å². The summed E-state index contributed by atoms with van der Waals surface area (Å²) in [6, 6.07) is 7.42. The average molecular weight is 379 g/mol. The Balaban J connectivity index is 1.65. The number of rotatable bonds is 5. The average Bonchev–Trinajstić information content (AvgIpc) is 2.54. The van der Waals surface area contributed by atoms with E-state index in [0.717, 1.165) is 23.3 Å². The van der Waals surface area contributed by atoms with Gasteiger partial charge in [-0.05, 0) is 92.9 Å². The van der Waals surface area contributed by atoms with Crippen molar-refractivity contribution < 1.29 is 8.42 Å². The van der Waals surface area contributed by atoms with Crippen LogP contribution in [0.25, 0.3) is 0 Å². The molecule has 2 atom stereocenters. The summed E-state index contributed by atoms with van der Waals surface area (Å²) in [5.41, 5.74) is 1.37. The van der Waals surface area contributed by atoms with E-state index in [1.54, 1.807) is 23.9 Å². The second-order valence-corrected chi connectivity index (χ2v) is 12.4. The fourth-order valence-corrected chi connectivity index (χ4v) is 10.1. The van der Waals surface area contributed by atoms with Gasteiger partial charge in [-0.2, -0.15) is 0 Å². The van der Waals surface area contributed by atoms with Crippen LogP contribution in [-0.4, -0.2) is 19.3 Å². The van der Waals surface area contributed by atoms with Crippen LogP contribution in [0.4, 0.5) is 0 Å². The van der Waals surface area contributed by atoms with E-state index in [2.05, 4.69) is 6.92 Å². The first-order valence-electron chi connectivity index (χ1n) is 9.67. The molecule has 4 aliphatic carbocycles. The summed E-state index contributed by atoms with van der Waals surface area (Å²) < 4.78 is 26.4. The van der Waals surface area contributed by atoms with Gasteiger partial charge in [0, 0.05) is 0 Å². The lowest BCUT2D eigenvalue weighted by Crippen LogP contribution is -2.51. The number of thioether (sulfide) groups is 1. The van der Waals surface area contributed by atoms with E-state index in [0.29, 0.717) is 4.90 Å². The molecule has 5 rings (SSSR count). The molecule has 0 saturated heterocycles.